The van der Waals surface area contributed by atoms with Crippen molar-refractivity contribution in [2.75, 3.05) is 36.5 Å². The van der Waals surface area contributed by atoms with E-state index in [2.05, 4.69) is 30.4 Å². The molecule has 5 rings (SSSR count). The van der Waals surface area contributed by atoms with Gasteiger partial charge in [0.05, 0.1) is 42.4 Å². The summed E-state index contributed by atoms with van der Waals surface area (Å²) in [6.45, 7) is 7.07. The SMILES string of the molecule is CCOP(=O)(OCC)OC1CCN(c2cc3[nH]ncc3cc2NC(=O)c2coc(-c3ccnc(C)c3)n2)CC1. The summed E-state index contributed by atoms with van der Waals surface area (Å²) in [5.41, 5.74) is 4.01. The van der Waals surface area contributed by atoms with Gasteiger partial charge in [0, 0.05) is 35.9 Å². The van der Waals surface area contributed by atoms with Crippen molar-refractivity contribution < 1.29 is 27.3 Å². The van der Waals surface area contributed by atoms with Crippen LogP contribution >= 0.6 is 7.82 Å². The first kappa shape index (κ1) is 27.0. The first-order chi connectivity index (χ1) is 18.9. The summed E-state index contributed by atoms with van der Waals surface area (Å²) < 4.78 is 34.7. The number of phosphoric acid groups is 1. The lowest BCUT2D eigenvalue weighted by Crippen LogP contribution is -2.37. The number of hydrogen-bond donors (Lipinski definition) is 2. The van der Waals surface area contributed by atoms with Crippen LogP contribution < -0.4 is 10.2 Å². The van der Waals surface area contributed by atoms with Gasteiger partial charge in [-0.05, 0) is 57.9 Å². The summed E-state index contributed by atoms with van der Waals surface area (Å²) in [4.78, 5) is 23.9. The van der Waals surface area contributed by atoms with Crippen LogP contribution in [-0.2, 0) is 18.1 Å². The van der Waals surface area contributed by atoms with Gasteiger partial charge in [0.15, 0.2) is 5.69 Å². The van der Waals surface area contributed by atoms with Gasteiger partial charge >= 0.3 is 7.82 Å². The summed E-state index contributed by atoms with van der Waals surface area (Å²) >= 11 is 0. The second-order valence-corrected chi connectivity index (χ2v) is 10.7. The predicted molar refractivity (Wildman–Crippen MR) is 146 cm³/mol. The smallest absolute Gasteiger partial charge is 0.444 e. The Hall–Kier alpha value is -3.57. The van der Waals surface area contributed by atoms with Crippen LogP contribution in [-0.4, -0.2) is 58.5 Å². The van der Waals surface area contributed by atoms with Crippen molar-refractivity contribution in [3.63, 3.8) is 0 Å². The zero-order valence-electron chi connectivity index (χ0n) is 22.0. The molecule has 0 unspecified atom stereocenters. The third kappa shape index (κ3) is 6.20. The van der Waals surface area contributed by atoms with E-state index in [0.29, 0.717) is 37.5 Å². The minimum Gasteiger partial charge on any atom is -0.444 e. The Morgan fingerprint density at radius 3 is 2.69 bits per heavy atom. The normalized spacial score (nSPS) is 14.7. The fraction of sp³-hybridized carbons (Fsp3) is 0.385. The van der Waals surface area contributed by atoms with Crippen LogP contribution in [0.25, 0.3) is 22.4 Å². The van der Waals surface area contributed by atoms with Gasteiger partial charge in [0.1, 0.15) is 6.26 Å². The lowest BCUT2D eigenvalue weighted by Gasteiger charge is -2.35. The maximum absolute atomic E-state index is 13.2. The predicted octanol–water partition coefficient (Wildman–Crippen LogP) is 5.34. The van der Waals surface area contributed by atoms with Gasteiger partial charge < -0.3 is 14.6 Å². The van der Waals surface area contributed by atoms with Crippen LogP contribution in [0.15, 0.2) is 47.3 Å². The second kappa shape index (κ2) is 11.7. The molecule has 206 valence electrons. The molecule has 1 fully saturated rings. The summed E-state index contributed by atoms with van der Waals surface area (Å²) in [5.74, 6) is -0.0536. The number of phosphoric ester groups is 1. The topological polar surface area (TPSA) is 145 Å². The van der Waals surface area contributed by atoms with E-state index in [0.717, 1.165) is 27.8 Å². The molecule has 0 aliphatic carbocycles. The highest BCUT2D eigenvalue weighted by atomic mass is 31.2. The molecule has 4 heterocycles. The molecule has 13 heteroatoms. The van der Waals surface area contributed by atoms with E-state index in [9.17, 15) is 9.36 Å². The molecule has 0 atom stereocenters. The third-order valence-electron chi connectivity index (χ3n) is 6.32. The van der Waals surface area contributed by atoms with Crippen molar-refractivity contribution in [1.29, 1.82) is 0 Å². The molecule has 2 N–H and O–H groups in total. The minimum absolute atomic E-state index is 0.160. The quantitative estimate of drug-likeness (QED) is 0.246. The van der Waals surface area contributed by atoms with Gasteiger partial charge in [-0.1, -0.05) is 0 Å². The molecule has 0 radical (unpaired) electrons. The summed E-state index contributed by atoms with van der Waals surface area (Å²) in [6.07, 6.45) is 5.65. The van der Waals surface area contributed by atoms with Gasteiger partial charge in [0.25, 0.3) is 5.91 Å². The Labute approximate surface area is 225 Å². The maximum atomic E-state index is 13.2. The number of hydrogen-bond acceptors (Lipinski definition) is 10. The van der Waals surface area contributed by atoms with Crippen molar-refractivity contribution in [2.45, 2.75) is 39.7 Å². The van der Waals surface area contributed by atoms with E-state index in [1.54, 1.807) is 32.3 Å². The minimum atomic E-state index is -3.60. The number of aryl methyl sites for hydroxylation is 1. The van der Waals surface area contributed by atoms with Crippen LogP contribution in [0.3, 0.4) is 0 Å². The van der Waals surface area contributed by atoms with Crippen LogP contribution in [0.2, 0.25) is 0 Å². The first-order valence-corrected chi connectivity index (χ1v) is 14.3. The Bertz CT molecular complexity index is 1490. The molecule has 12 nitrogen and oxygen atoms in total. The first-order valence-electron chi connectivity index (χ1n) is 12.9. The molecule has 0 bridgehead atoms. The summed E-state index contributed by atoms with van der Waals surface area (Å²) in [7, 11) is -3.60. The largest absolute Gasteiger partial charge is 0.475 e. The van der Waals surface area contributed by atoms with E-state index in [4.69, 9.17) is 18.0 Å². The van der Waals surface area contributed by atoms with Crippen molar-refractivity contribution in [3.8, 4) is 11.5 Å². The average Bonchev–Trinajstić information content (AvgIpc) is 3.59. The Morgan fingerprint density at radius 2 is 1.97 bits per heavy atom. The molecule has 3 aromatic heterocycles. The second-order valence-electron chi connectivity index (χ2n) is 9.08. The van der Waals surface area contributed by atoms with Crippen molar-refractivity contribution >= 4 is 36.0 Å². The average molecular weight is 555 g/mol. The molecule has 0 spiro atoms. The molecular weight excluding hydrogens is 523 g/mol. The van der Waals surface area contributed by atoms with Gasteiger partial charge in [-0.3, -0.25) is 28.4 Å². The molecule has 1 saturated heterocycles. The zero-order valence-corrected chi connectivity index (χ0v) is 22.9. The lowest BCUT2D eigenvalue weighted by atomic mass is 10.1. The van der Waals surface area contributed by atoms with Crippen molar-refractivity contribution in [2.24, 2.45) is 0 Å². The number of anilines is 2. The fourth-order valence-corrected chi connectivity index (χ4v) is 5.92. The van der Waals surface area contributed by atoms with Crippen molar-refractivity contribution in [3.05, 3.63) is 54.3 Å². The highest BCUT2D eigenvalue weighted by Gasteiger charge is 2.32. The molecule has 1 aliphatic rings. The number of nitrogens with zero attached hydrogens (tertiary/aromatic N) is 4. The third-order valence-corrected chi connectivity index (χ3v) is 8.03. The van der Waals surface area contributed by atoms with Crippen LogP contribution in [0.1, 0.15) is 42.9 Å². The van der Waals surface area contributed by atoms with Gasteiger partial charge in [-0.15, -0.1) is 0 Å². The fourth-order valence-electron chi connectivity index (χ4n) is 4.52. The van der Waals surface area contributed by atoms with E-state index in [1.807, 2.05) is 25.1 Å². The zero-order chi connectivity index (χ0) is 27.4. The van der Waals surface area contributed by atoms with E-state index < -0.39 is 13.7 Å². The number of fused-ring (bicyclic) bond motifs is 1. The van der Waals surface area contributed by atoms with Crippen LogP contribution in [0, 0.1) is 6.92 Å². The maximum Gasteiger partial charge on any atom is 0.475 e. The Balaban J connectivity index is 1.32. The van der Waals surface area contributed by atoms with E-state index in [1.165, 1.54) is 6.26 Å². The number of benzene rings is 1. The number of amides is 1. The van der Waals surface area contributed by atoms with Gasteiger partial charge in [-0.2, -0.15) is 5.10 Å². The number of carbonyl (C=O) groups is 1. The number of aromatic nitrogens is 4. The number of carbonyl (C=O) groups excluding carboxylic acids is 1. The Morgan fingerprint density at radius 1 is 1.21 bits per heavy atom. The molecule has 1 aliphatic heterocycles. The van der Waals surface area contributed by atoms with Gasteiger partial charge in [-0.25, -0.2) is 9.55 Å². The summed E-state index contributed by atoms with van der Waals surface area (Å²) in [6, 6.07) is 7.45. The highest BCUT2D eigenvalue weighted by Crippen LogP contribution is 2.51. The number of piperidine rings is 1. The number of H-pyrrole nitrogens is 1. The number of aromatic amines is 1. The number of pyridine rings is 1. The monoisotopic (exact) mass is 554 g/mol. The Kier molecular flexibility index (Phi) is 8.08. The highest BCUT2D eigenvalue weighted by molar-refractivity contribution is 7.48. The molecule has 4 aromatic rings. The van der Waals surface area contributed by atoms with E-state index in [-0.39, 0.29) is 25.0 Å². The summed E-state index contributed by atoms with van der Waals surface area (Å²) in [5, 5.41) is 11.0. The number of rotatable bonds is 10. The molecular formula is C26H31N6O6P. The molecule has 1 amide bonds. The van der Waals surface area contributed by atoms with Crippen LogP contribution in [0.4, 0.5) is 11.4 Å². The number of oxazole rings is 1. The van der Waals surface area contributed by atoms with Gasteiger partial charge in [0.2, 0.25) is 5.89 Å². The van der Waals surface area contributed by atoms with E-state index >= 15 is 0 Å². The van der Waals surface area contributed by atoms with Crippen LogP contribution in [0.5, 0.6) is 0 Å². The molecule has 0 saturated carbocycles. The molecule has 39 heavy (non-hydrogen) atoms. The standard InChI is InChI=1S/C26H31N6O6P/c1-4-36-39(34,37-5-2)38-20-7-10-32(11-8-20)24-14-21-19(15-28-31-21)13-22(24)29-25(33)23-16-35-26(30-23)18-6-9-27-17(3)12-18/h6,9,12-16,20H,4-5,7-8,10-11H2,1-3H3,(H,28,31)(H,29,33). The lowest BCUT2D eigenvalue weighted by molar-refractivity contribution is 0.0726. The van der Waals surface area contributed by atoms with Crippen molar-refractivity contribution in [1.82, 2.24) is 20.2 Å². The molecule has 1 aromatic carbocycles. The number of nitrogens with one attached hydrogen (secondary N) is 2.